The molecule has 8 heteroatoms. The molecule has 0 radical (unpaired) electrons. The van der Waals surface area contributed by atoms with Crippen LogP contribution in [0.1, 0.15) is 41.1 Å². The second-order valence-corrected chi connectivity index (χ2v) is 7.87. The van der Waals surface area contributed by atoms with E-state index in [2.05, 4.69) is 22.0 Å². The van der Waals surface area contributed by atoms with E-state index in [9.17, 15) is 4.79 Å². The van der Waals surface area contributed by atoms with Gasteiger partial charge in [0.2, 0.25) is 11.7 Å². The first-order valence-electron chi connectivity index (χ1n) is 10.2. The van der Waals surface area contributed by atoms with E-state index < -0.39 is 0 Å². The van der Waals surface area contributed by atoms with Crippen molar-refractivity contribution < 1.29 is 18.8 Å². The van der Waals surface area contributed by atoms with E-state index >= 15 is 0 Å². The molecule has 2 heterocycles. The Kier molecular flexibility index (Phi) is 8.23. The van der Waals surface area contributed by atoms with Crippen LogP contribution < -0.4 is 14.8 Å². The smallest absolute Gasteiger partial charge is 0.251 e. The molecule has 0 saturated carbocycles. The number of allylic oxidation sites excluding steroid dienone is 1. The zero-order chi connectivity index (χ0) is 22.1. The van der Waals surface area contributed by atoms with Crippen LogP contribution in [0.2, 0.25) is 0 Å². The minimum Gasteiger partial charge on any atom is -0.493 e. The maximum absolute atomic E-state index is 12.6. The molecule has 7 nitrogen and oxygen atoms in total. The van der Waals surface area contributed by atoms with Crippen molar-refractivity contribution in [3.05, 3.63) is 59.3 Å². The number of hydrogen-bond donors (Lipinski definition) is 1. The zero-order valence-corrected chi connectivity index (χ0v) is 18.7. The van der Waals surface area contributed by atoms with Crippen molar-refractivity contribution >= 4 is 17.2 Å². The summed E-state index contributed by atoms with van der Waals surface area (Å²) in [4.78, 5) is 18.0. The number of amides is 1. The molecule has 0 bridgehead atoms. The molecule has 0 atom stereocenters. The van der Waals surface area contributed by atoms with E-state index in [1.54, 1.807) is 37.7 Å². The Morgan fingerprint density at radius 2 is 2.13 bits per heavy atom. The number of rotatable bonds is 12. The maximum Gasteiger partial charge on any atom is 0.251 e. The highest BCUT2D eigenvalue weighted by atomic mass is 32.1. The molecule has 0 aliphatic rings. The van der Waals surface area contributed by atoms with Crippen LogP contribution in [-0.2, 0) is 12.8 Å². The van der Waals surface area contributed by atoms with E-state index in [1.165, 1.54) is 0 Å². The van der Waals surface area contributed by atoms with Gasteiger partial charge in [0.25, 0.3) is 5.91 Å². The highest BCUT2D eigenvalue weighted by Crippen LogP contribution is 2.33. The molecular weight excluding hydrogens is 414 g/mol. The lowest BCUT2D eigenvalue weighted by Crippen LogP contribution is -2.24. The SMILES string of the molecule is C=CCc1cc(C(=O)NCCCCCc2nc(-c3cccs3)no2)cc(OC)c1OC. The summed E-state index contributed by atoms with van der Waals surface area (Å²) in [6.07, 6.45) is 5.82. The van der Waals surface area contributed by atoms with Crippen LogP contribution in [0.25, 0.3) is 10.7 Å². The number of unbranched alkanes of at least 4 members (excludes halogenated alkanes) is 2. The van der Waals surface area contributed by atoms with Crippen molar-refractivity contribution in [2.75, 3.05) is 20.8 Å². The summed E-state index contributed by atoms with van der Waals surface area (Å²) in [6.45, 7) is 4.36. The molecule has 31 heavy (non-hydrogen) atoms. The predicted molar refractivity (Wildman–Crippen MR) is 121 cm³/mol. The number of nitrogens with one attached hydrogen (secondary N) is 1. The van der Waals surface area contributed by atoms with Gasteiger partial charge < -0.3 is 19.3 Å². The molecule has 0 aliphatic carbocycles. The van der Waals surface area contributed by atoms with Crippen molar-refractivity contribution in [1.82, 2.24) is 15.5 Å². The number of thiophene rings is 1. The second kappa shape index (κ2) is 11.3. The van der Waals surface area contributed by atoms with Gasteiger partial charge in [-0.05, 0) is 42.8 Å². The normalized spacial score (nSPS) is 10.6. The van der Waals surface area contributed by atoms with Gasteiger partial charge in [0.05, 0.1) is 19.1 Å². The Balaban J connectivity index is 1.44. The van der Waals surface area contributed by atoms with Gasteiger partial charge in [-0.1, -0.05) is 23.7 Å². The Hall–Kier alpha value is -3.13. The number of aryl methyl sites for hydroxylation is 1. The summed E-state index contributed by atoms with van der Waals surface area (Å²) < 4.78 is 16.1. The highest BCUT2D eigenvalue weighted by Gasteiger charge is 2.15. The Morgan fingerprint density at radius 3 is 2.84 bits per heavy atom. The number of carbonyl (C=O) groups excluding carboxylic acids is 1. The average Bonchev–Trinajstić information content (AvgIpc) is 3.47. The first kappa shape index (κ1) is 22.6. The molecule has 0 aliphatic heterocycles. The summed E-state index contributed by atoms with van der Waals surface area (Å²) in [5.74, 6) is 2.31. The lowest BCUT2D eigenvalue weighted by atomic mass is 10.0. The van der Waals surface area contributed by atoms with Crippen molar-refractivity contribution in [2.45, 2.75) is 32.1 Å². The van der Waals surface area contributed by atoms with Gasteiger partial charge in [0.15, 0.2) is 11.5 Å². The highest BCUT2D eigenvalue weighted by molar-refractivity contribution is 7.13. The molecule has 0 unspecified atom stereocenters. The minimum atomic E-state index is -0.135. The number of carbonyl (C=O) groups is 1. The van der Waals surface area contributed by atoms with Gasteiger partial charge in [-0.3, -0.25) is 4.79 Å². The fraction of sp³-hybridized carbons (Fsp3) is 0.348. The molecule has 2 aromatic heterocycles. The second-order valence-electron chi connectivity index (χ2n) is 6.92. The van der Waals surface area contributed by atoms with Crippen LogP contribution >= 0.6 is 11.3 Å². The van der Waals surface area contributed by atoms with Crippen LogP contribution in [0.3, 0.4) is 0 Å². The van der Waals surface area contributed by atoms with Crippen LogP contribution in [0, 0.1) is 0 Å². The summed E-state index contributed by atoms with van der Waals surface area (Å²) in [6, 6.07) is 7.45. The van der Waals surface area contributed by atoms with Crippen molar-refractivity contribution in [1.29, 1.82) is 0 Å². The molecule has 3 aromatic rings. The van der Waals surface area contributed by atoms with Gasteiger partial charge in [-0.25, -0.2) is 0 Å². The van der Waals surface area contributed by atoms with Gasteiger partial charge in [0.1, 0.15) is 0 Å². The number of nitrogens with zero attached hydrogens (tertiary/aromatic N) is 2. The summed E-state index contributed by atoms with van der Waals surface area (Å²) in [5.41, 5.74) is 1.41. The number of methoxy groups -OCH3 is 2. The quantitative estimate of drug-likeness (QED) is 0.324. The van der Waals surface area contributed by atoms with Crippen LogP contribution in [0.15, 0.2) is 46.8 Å². The van der Waals surface area contributed by atoms with E-state index in [0.717, 1.165) is 36.1 Å². The van der Waals surface area contributed by atoms with E-state index in [4.69, 9.17) is 14.0 Å². The van der Waals surface area contributed by atoms with Crippen LogP contribution in [0.5, 0.6) is 11.5 Å². The first-order valence-corrected chi connectivity index (χ1v) is 11.0. The van der Waals surface area contributed by atoms with Crippen molar-refractivity contribution in [3.63, 3.8) is 0 Å². The number of hydrogen-bond acceptors (Lipinski definition) is 7. The first-order chi connectivity index (χ1) is 15.2. The van der Waals surface area contributed by atoms with E-state index in [0.29, 0.717) is 41.7 Å². The van der Waals surface area contributed by atoms with Gasteiger partial charge in [0, 0.05) is 24.1 Å². The number of aromatic nitrogens is 2. The molecule has 1 amide bonds. The Labute approximate surface area is 186 Å². The standard InChI is InChI=1S/C23H27N3O4S/c1-4-9-16-14-17(15-18(28-2)21(16)29-3)23(27)24-12-7-5-6-11-20-25-22(26-30-20)19-10-8-13-31-19/h4,8,10,13-15H,1,5-7,9,11-12H2,2-3H3,(H,24,27). The molecule has 3 rings (SSSR count). The van der Waals surface area contributed by atoms with Crippen LogP contribution in [0.4, 0.5) is 0 Å². The Morgan fingerprint density at radius 1 is 1.26 bits per heavy atom. The van der Waals surface area contributed by atoms with Crippen molar-refractivity contribution in [2.24, 2.45) is 0 Å². The van der Waals surface area contributed by atoms with Crippen molar-refractivity contribution in [3.8, 4) is 22.2 Å². The van der Waals surface area contributed by atoms with Gasteiger partial charge in [-0.2, -0.15) is 4.98 Å². The fourth-order valence-electron chi connectivity index (χ4n) is 3.23. The molecule has 0 fully saturated rings. The fourth-order valence-corrected chi connectivity index (χ4v) is 3.87. The maximum atomic E-state index is 12.6. The third kappa shape index (κ3) is 5.95. The molecule has 1 aromatic carbocycles. The summed E-state index contributed by atoms with van der Waals surface area (Å²) in [5, 5.41) is 8.97. The largest absolute Gasteiger partial charge is 0.493 e. The van der Waals surface area contributed by atoms with Gasteiger partial charge >= 0.3 is 0 Å². The van der Waals surface area contributed by atoms with Gasteiger partial charge in [-0.15, -0.1) is 17.9 Å². The van der Waals surface area contributed by atoms with E-state index in [1.807, 2.05) is 23.6 Å². The topological polar surface area (TPSA) is 86.5 Å². The third-order valence-corrected chi connectivity index (χ3v) is 5.61. The zero-order valence-electron chi connectivity index (χ0n) is 17.8. The lowest BCUT2D eigenvalue weighted by Gasteiger charge is -2.14. The minimum absolute atomic E-state index is 0.135. The lowest BCUT2D eigenvalue weighted by molar-refractivity contribution is 0.0952. The molecule has 1 N–H and O–H groups in total. The van der Waals surface area contributed by atoms with E-state index in [-0.39, 0.29) is 5.91 Å². The molecule has 0 spiro atoms. The average molecular weight is 442 g/mol. The summed E-state index contributed by atoms with van der Waals surface area (Å²) in [7, 11) is 3.14. The molecule has 0 saturated heterocycles. The molecular formula is C23H27N3O4S. The Bertz CT molecular complexity index is 998. The summed E-state index contributed by atoms with van der Waals surface area (Å²) >= 11 is 1.59. The monoisotopic (exact) mass is 441 g/mol. The molecule has 164 valence electrons. The predicted octanol–water partition coefficient (Wildman–Crippen LogP) is 4.69. The van der Waals surface area contributed by atoms with Crippen LogP contribution in [-0.4, -0.2) is 36.8 Å². The number of benzene rings is 1. The number of ether oxygens (including phenoxy) is 2. The third-order valence-electron chi connectivity index (χ3n) is 4.74.